The van der Waals surface area contributed by atoms with Crippen molar-refractivity contribution in [2.75, 3.05) is 24.2 Å². The minimum Gasteiger partial charge on any atom is -0.490 e. The Morgan fingerprint density at radius 2 is 1.75 bits per heavy atom. The predicted molar refractivity (Wildman–Crippen MR) is 79.8 cm³/mol. The lowest BCUT2D eigenvalue weighted by Crippen LogP contribution is -2.32. The lowest BCUT2D eigenvalue weighted by atomic mass is 10.3. The van der Waals surface area contributed by atoms with E-state index in [9.17, 15) is 4.79 Å². The number of amides is 2. The van der Waals surface area contributed by atoms with Gasteiger partial charge in [0, 0.05) is 5.69 Å². The van der Waals surface area contributed by atoms with E-state index < -0.39 is 0 Å². The van der Waals surface area contributed by atoms with Gasteiger partial charge in [-0.2, -0.15) is 0 Å². The van der Waals surface area contributed by atoms with E-state index in [0.717, 1.165) is 5.69 Å². The molecule has 0 saturated heterocycles. The highest BCUT2D eigenvalue weighted by atomic mass is 16.5. The van der Waals surface area contributed by atoms with Crippen LogP contribution in [0.3, 0.4) is 0 Å². The zero-order chi connectivity index (χ0) is 14.2. The number of rotatable bonds is 5. The molecular formula is C15H17N3O2. The predicted octanol–water partition coefficient (Wildman–Crippen LogP) is 2.47. The van der Waals surface area contributed by atoms with Gasteiger partial charge in [-0.3, -0.25) is 0 Å². The van der Waals surface area contributed by atoms with Gasteiger partial charge >= 0.3 is 6.03 Å². The third kappa shape index (κ3) is 4.20. The van der Waals surface area contributed by atoms with Crippen LogP contribution in [0.1, 0.15) is 0 Å². The molecule has 2 aromatic rings. The molecular weight excluding hydrogens is 254 g/mol. The molecule has 0 aliphatic rings. The molecule has 0 saturated carbocycles. The Bertz CT molecular complexity index is 558. The fourth-order valence-corrected chi connectivity index (χ4v) is 1.63. The van der Waals surface area contributed by atoms with Gasteiger partial charge in [-0.1, -0.05) is 30.3 Å². The molecule has 5 nitrogen and oxygen atoms in total. The van der Waals surface area contributed by atoms with Gasteiger partial charge in [-0.05, 0) is 24.3 Å². The first kappa shape index (κ1) is 13.7. The molecule has 5 heteroatoms. The minimum atomic E-state index is -0.263. The summed E-state index contributed by atoms with van der Waals surface area (Å²) in [5.74, 6) is 0.623. The molecule has 4 N–H and O–H groups in total. The molecule has 20 heavy (non-hydrogen) atoms. The van der Waals surface area contributed by atoms with Crippen molar-refractivity contribution in [2.24, 2.45) is 0 Å². The molecule has 0 fully saturated rings. The fourth-order valence-electron chi connectivity index (χ4n) is 1.63. The van der Waals surface area contributed by atoms with Crippen molar-refractivity contribution in [3.05, 3.63) is 54.6 Å². The number of carbonyl (C=O) groups excluding carboxylic acids is 1. The van der Waals surface area contributed by atoms with Crippen LogP contribution < -0.4 is 21.1 Å². The van der Waals surface area contributed by atoms with Crippen LogP contribution in [0.15, 0.2) is 54.6 Å². The first-order chi connectivity index (χ1) is 9.75. The first-order valence-electron chi connectivity index (χ1n) is 6.33. The molecule has 0 aliphatic heterocycles. The van der Waals surface area contributed by atoms with Gasteiger partial charge in [-0.25, -0.2) is 4.79 Å². The van der Waals surface area contributed by atoms with Gasteiger partial charge in [0.05, 0.1) is 12.2 Å². The Labute approximate surface area is 117 Å². The third-order valence-corrected chi connectivity index (χ3v) is 2.60. The number of nitrogens with one attached hydrogen (secondary N) is 2. The van der Waals surface area contributed by atoms with Crippen LogP contribution in [-0.2, 0) is 0 Å². The van der Waals surface area contributed by atoms with Crippen molar-refractivity contribution in [2.45, 2.75) is 0 Å². The summed E-state index contributed by atoms with van der Waals surface area (Å²) in [7, 11) is 0. The summed E-state index contributed by atoms with van der Waals surface area (Å²) in [5, 5.41) is 5.43. The smallest absolute Gasteiger partial charge is 0.319 e. The molecule has 0 radical (unpaired) electrons. The summed E-state index contributed by atoms with van der Waals surface area (Å²) in [6.07, 6.45) is 0. The molecule has 2 rings (SSSR count). The van der Waals surface area contributed by atoms with E-state index in [-0.39, 0.29) is 6.03 Å². The van der Waals surface area contributed by atoms with Gasteiger partial charge in [0.15, 0.2) is 0 Å². The number of nitrogens with two attached hydrogens (primary N) is 1. The van der Waals surface area contributed by atoms with Crippen molar-refractivity contribution < 1.29 is 9.53 Å². The van der Waals surface area contributed by atoms with Crippen molar-refractivity contribution in [3.8, 4) is 5.75 Å². The Hall–Kier alpha value is -2.69. The Morgan fingerprint density at radius 3 is 2.50 bits per heavy atom. The van der Waals surface area contributed by atoms with Crippen LogP contribution in [0.25, 0.3) is 0 Å². The second-order valence-electron chi connectivity index (χ2n) is 4.13. The van der Waals surface area contributed by atoms with Crippen LogP contribution in [0.4, 0.5) is 16.2 Å². The molecule has 0 atom stereocenters. The van der Waals surface area contributed by atoms with E-state index in [0.29, 0.717) is 24.6 Å². The Balaban J connectivity index is 1.69. The van der Waals surface area contributed by atoms with Crippen LogP contribution in [-0.4, -0.2) is 19.2 Å². The Kier molecular flexibility index (Phi) is 4.83. The molecule has 0 bridgehead atoms. The topological polar surface area (TPSA) is 76.4 Å². The molecule has 0 unspecified atom stereocenters. The number of ether oxygens (including phenoxy) is 1. The lowest BCUT2D eigenvalue weighted by Gasteiger charge is -2.10. The van der Waals surface area contributed by atoms with Crippen molar-refractivity contribution in [3.63, 3.8) is 0 Å². The second-order valence-corrected chi connectivity index (χ2v) is 4.13. The second kappa shape index (κ2) is 7.04. The summed E-state index contributed by atoms with van der Waals surface area (Å²) >= 11 is 0. The summed E-state index contributed by atoms with van der Waals surface area (Å²) in [6.45, 7) is 0.753. The minimum absolute atomic E-state index is 0.263. The highest BCUT2D eigenvalue weighted by Gasteiger charge is 2.01. The van der Waals surface area contributed by atoms with E-state index in [1.807, 2.05) is 42.5 Å². The van der Waals surface area contributed by atoms with Crippen LogP contribution in [0, 0.1) is 0 Å². The zero-order valence-electron chi connectivity index (χ0n) is 11.0. The fraction of sp³-hybridized carbons (Fsp3) is 0.133. The number of hydrogen-bond donors (Lipinski definition) is 3. The molecule has 0 heterocycles. The molecule has 0 aliphatic carbocycles. The van der Waals surface area contributed by atoms with E-state index in [1.54, 1.807) is 12.1 Å². The average Bonchev–Trinajstić information content (AvgIpc) is 2.46. The number of para-hydroxylation sites is 3. The third-order valence-electron chi connectivity index (χ3n) is 2.60. The van der Waals surface area contributed by atoms with Crippen molar-refractivity contribution >= 4 is 17.4 Å². The van der Waals surface area contributed by atoms with E-state index >= 15 is 0 Å². The highest BCUT2D eigenvalue weighted by Crippen LogP contribution is 2.19. The number of carbonyl (C=O) groups is 1. The monoisotopic (exact) mass is 271 g/mol. The van der Waals surface area contributed by atoms with Crippen LogP contribution in [0.2, 0.25) is 0 Å². The number of nitrogen functional groups attached to an aromatic ring is 1. The van der Waals surface area contributed by atoms with Gasteiger partial charge in [0.1, 0.15) is 12.4 Å². The van der Waals surface area contributed by atoms with Gasteiger partial charge in [0.25, 0.3) is 0 Å². The Morgan fingerprint density at radius 1 is 1.05 bits per heavy atom. The summed E-state index contributed by atoms with van der Waals surface area (Å²) < 4.78 is 5.47. The number of benzene rings is 2. The lowest BCUT2D eigenvalue weighted by molar-refractivity contribution is 0.247. The van der Waals surface area contributed by atoms with Crippen LogP contribution >= 0.6 is 0 Å². The van der Waals surface area contributed by atoms with Gasteiger partial charge < -0.3 is 21.1 Å². The van der Waals surface area contributed by atoms with Crippen molar-refractivity contribution in [1.29, 1.82) is 0 Å². The van der Waals surface area contributed by atoms with E-state index in [2.05, 4.69) is 10.6 Å². The summed E-state index contributed by atoms with van der Waals surface area (Å²) in [6, 6.07) is 16.2. The van der Waals surface area contributed by atoms with Gasteiger partial charge in [0.2, 0.25) is 0 Å². The molecule has 2 aromatic carbocycles. The quantitative estimate of drug-likeness (QED) is 0.577. The highest BCUT2D eigenvalue weighted by molar-refractivity contribution is 5.89. The maximum absolute atomic E-state index is 11.6. The summed E-state index contributed by atoms with van der Waals surface area (Å²) in [4.78, 5) is 11.6. The van der Waals surface area contributed by atoms with Crippen LogP contribution in [0.5, 0.6) is 5.75 Å². The van der Waals surface area contributed by atoms with Gasteiger partial charge in [-0.15, -0.1) is 0 Å². The standard InChI is InChI=1S/C15H17N3O2/c16-13-8-4-5-9-14(13)20-11-10-17-15(19)18-12-6-2-1-3-7-12/h1-9H,10-11,16H2,(H2,17,18,19). The number of urea groups is 1. The normalized spacial score (nSPS) is 9.80. The molecule has 0 aromatic heterocycles. The number of anilines is 2. The van der Waals surface area contributed by atoms with E-state index in [1.165, 1.54) is 0 Å². The van der Waals surface area contributed by atoms with E-state index in [4.69, 9.17) is 10.5 Å². The average molecular weight is 271 g/mol. The number of hydrogen-bond acceptors (Lipinski definition) is 3. The largest absolute Gasteiger partial charge is 0.490 e. The molecule has 104 valence electrons. The molecule has 2 amide bonds. The first-order valence-corrected chi connectivity index (χ1v) is 6.33. The SMILES string of the molecule is Nc1ccccc1OCCNC(=O)Nc1ccccc1. The maximum Gasteiger partial charge on any atom is 0.319 e. The molecule has 0 spiro atoms. The van der Waals surface area contributed by atoms with Crippen molar-refractivity contribution in [1.82, 2.24) is 5.32 Å². The maximum atomic E-state index is 11.6. The summed E-state index contributed by atoms with van der Waals surface area (Å²) in [5.41, 5.74) is 7.07. The zero-order valence-corrected chi connectivity index (χ0v) is 11.0.